The maximum atomic E-state index is 5.38. The Morgan fingerprint density at radius 3 is 2.04 bits per heavy atom. The summed E-state index contributed by atoms with van der Waals surface area (Å²) >= 11 is 0. The highest BCUT2D eigenvalue weighted by Gasteiger charge is 2.12. The topological polar surface area (TPSA) is 129 Å². The lowest BCUT2D eigenvalue weighted by Gasteiger charge is -1.94. The minimum atomic E-state index is 0.222. The van der Waals surface area contributed by atoms with Crippen molar-refractivity contribution >= 4 is 0 Å². The minimum Gasteiger partial charge on any atom is -0.420 e. The molecular formula is C18H22N8O2. The quantitative estimate of drug-likeness (QED) is 0.518. The van der Waals surface area contributed by atoms with Crippen LogP contribution in [0.4, 0.5) is 0 Å². The number of aryl methyl sites for hydroxylation is 1. The fourth-order valence-electron chi connectivity index (χ4n) is 1.78. The predicted octanol–water partition coefficient (Wildman–Crippen LogP) is 3.51. The van der Waals surface area contributed by atoms with Crippen molar-refractivity contribution < 1.29 is 8.83 Å². The lowest BCUT2D eigenvalue weighted by molar-refractivity contribution is 0.478. The van der Waals surface area contributed by atoms with Crippen molar-refractivity contribution in [1.29, 1.82) is 0 Å². The molecule has 0 aliphatic heterocycles. The van der Waals surface area contributed by atoms with Crippen LogP contribution in [0.1, 0.15) is 45.4 Å². The van der Waals surface area contributed by atoms with Crippen LogP contribution in [0.5, 0.6) is 0 Å². The SMILES string of the molecule is CC.CC(C)c1nnc(-c2ncccn2)o1.Cc1nnc(-c2cnccn2)o1. The van der Waals surface area contributed by atoms with Crippen molar-refractivity contribution in [3.05, 3.63) is 48.8 Å². The summed E-state index contributed by atoms with van der Waals surface area (Å²) in [6.45, 7) is 9.71. The maximum absolute atomic E-state index is 5.38. The molecule has 0 atom stereocenters. The van der Waals surface area contributed by atoms with Gasteiger partial charge in [0, 0.05) is 37.6 Å². The molecule has 0 aliphatic carbocycles. The van der Waals surface area contributed by atoms with E-state index < -0.39 is 0 Å². The van der Waals surface area contributed by atoms with E-state index in [0.717, 1.165) is 0 Å². The Kier molecular flexibility index (Phi) is 7.82. The molecule has 4 heterocycles. The van der Waals surface area contributed by atoms with E-state index in [9.17, 15) is 0 Å². The van der Waals surface area contributed by atoms with Crippen LogP contribution in [0.2, 0.25) is 0 Å². The molecule has 0 unspecified atom stereocenters. The Bertz CT molecular complexity index is 938. The van der Waals surface area contributed by atoms with Crippen molar-refractivity contribution in [2.24, 2.45) is 0 Å². The van der Waals surface area contributed by atoms with Gasteiger partial charge in [-0.05, 0) is 6.07 Å². The lowest BCUT2D eigenvalue weighted by atomic mass is 10.2. The molecule has 4 aromatic heterocycles. The average molecular weight is 382 g/mol. The van der Waals surface area contributed by atoms with Crippen LogP contribution in [0, 0.1) is 6.92 Å². The van der Waals surface area contributed by atoms with Crippen LogP contribution < -0.4 is 0 Å². The highest BCUT2D eigenvalue weighted by atomic mass is 16.4. The van der Waals surface area contributed by atoms with Crippen LogP contribution in [0.25, 0.3) is 23.3 Å². The predicted molar refractivity (Wildman–Crippen MR) is 101 cm³/mol. The lowest BCUT2D eigenvalue weighted by Crippen LogP contribution is -1.85. The fraction of sp³-hybridized carbons (Fsp3) is 0.333. The molecule has 10 nitrogen and oxygen atoms in total. The standard InChI is InChI=1S/C9H10N4O.C7H6N4O.C2H6/c1-6(2)8-12-13-9(14-8)7-10-4-3-5-11-7;1-5-10-11-7(12-5)6-4-8-2-3-9-6;1-2/h3-6H,1-2H3;2-4H,1H3;1-2H3. The summed E-state index contributed by atoms with van der Waals surface area (Å²) < 4.78 is 10.5. The molecule has 4 rings (SSSR count). The van der Waals surface area contributed by atoms with Crippen molar-refractivity contribution in [3.63, 3.8) is 0 Å². The fourth-order valence-corrected chi connectivity index (χ4v) is 1.78. The highest BCUT2D eigenvalue weighted by molar-refractivity contribution is 5.42. The molecule has 0 aromatic carbocycles. The average Bonchev–Trinajstić information content (AvgIpc) is 3.41. The van der Waals surface area contributed by atoms with Gasteiger partial charge in [-0.1, -0.05) is 27.7 Å². The van der Waals surface area contributed by atoms with Gasteiger partial charge in [0.25, 0.3) is 11.8 Å². The third-order valence-electron chi connectivity index (χ3n) is 3.00. The van der Waals surface area contributed by atoms with Gasteiger partial charge in [0.1, 0.15) is 5.69 Å². The molecule has 0 amide bonds. The van der Waals surface area contributed by atoms with E-state index in [1.54, 1.807) is 44.0 Å². The summed E-state index contributed by atoms with van der Waals surface area (Å²) in [6, 6.07) is 1.74. The van der Waals surface area contributed by atoms with E-state index in [2.05, 4.69) is 40.3 Å². The summed E-state index contributed by atoms with van der Waals surface area (Å²) in [5.41, 5.74) is 0.595. The number of aromatic nitrogens is 8. The van der Waals surface area contributed by atoms with E-state index in [0.29, 0.717) is 35.1 Å². The number of nitrogens with zero attached hydrogens (tertiary/aromatic N) is 8. The van der Waals surface area contributed by atoms with Gasteiger partial charge in [-0.3, -0.25) is 4.98 Å². The van der Waals surface area contributed by atoms with Crippen molar-refractivity contribution in [1.82, 2.24) is 40.3 Å². The summed E-state index contributed by atoms with van der Waals surface area (Å²) in [7, 11) is 0. The van der Waals surface area contributed by atoms with Gasteiger partial charge in [0.2, 0.25) is 17.6 Å². The molecule has 28 heavy (non-hydrogen) atoms. The first-order chi connectivity index (χ1) is 13.6. The molecule has 0 saturated carbocycles. The monoisotopic (exact) mass is 382 g/mol. The summed E-state index contributed by atoms with van der Waals surface area (Å²) in [5, 5.41) is 15.2. The molecule has 4 aromatic rings. The Morgan fingerprint density at radius 1 is 0.786 bits per heavy atom. The van der Waals surface area contributed by atoms with Crippen LogP contribution in [0.15, 0.2) is 45.9 Å². The number of rotatable bonds is 3. The van der Waals surface area contributed by atoms with Crippen molar-refractivity contribution in [3.8, 4) is 23.3 Å². The van der Waals surface area contributed by atoms with E-state index in [4.69, 9.17) is 8.83 Å². The second-order valence-electron chi connectivity index (χ2n) is 5.39. The van der Waals surface area contributed by atoms with Gasteiger partial charge < -0.3 is 8.83 Å². The van der Waals surface area contributed by atoms with E-state index in [1.807, 2.05) is 27.7 Å². The van der Waals surface area contributed by atoms with Gasteiger partial charge in [-0.25, -0.2) is 15.0 Å². The zero-order chi connectivity index (χ0) is 20.4. The first-order valence-corrected chi connectivity index (χ1v) is 8.80. The van der Waals surface area contributed by atoms with E-state index in [1.165, 1.54) is 0 Å². The first-order valence-electron chi connectivity index (χ1n) is 8.80. The highest BCUT2D eigenvalue weighted by Crippen LogP contribution is 2.17. The molecule has 10 heteroatoms. The molecule has 0 aliphatic rings. The third kappa shape index (κ3) is 5.73. The molecule has 146 valence electrons. The maximum Gasteiger partial charge on any atom is 0.285 e. The third-order valence-corrected chi connectivity index (χ3v) is 3.00. The molecule has 0 bridgehead atoms. The molecule has 0 fully saturated rings. The van der Waals surface area contributed by atoms with Gasteiger partial charge in [0.15, 0.2) is 0 Å². The molecule has 0 N–H and O–H groups in total. The van der Waals surface area contributed by atoms with Crippen molar-refractivity contribution in [2.75, 3.05) is 0 Å². The smallest absolute Gasteiger partial charge is 0.285 e. The van der Waals surface area contributed by atoms with E-state index >= 15 is 0 Å². The Balaban J connectivity index is 0.000000186. The van der Waals surface area contributed by atoms with Crippen molar-refractivity contribution in [2.45, 2.75) is 40.5 Å². The molecular weight excluding hydrogens is 360 g/mol. The number of hydrogen-bond donors (Lipinski definition) is 0. The Morgan fingerprint density at radius 2 is 1.50 bits per heavy atom. The zero-order valence-electron chi connectivity index (χ0n) is 16.4. The second-order valence-corrected chi connectivity index (χ2v) is 5.39. The molecule has 0 saturated heterocycles. The van der Waals surface area contributed by atoms with Gasteiger partial charge in [-0.15, -0.1) is 20.4 Å². The van der Waals surface area contributed by atoms with Crippen LogP contribution >= 0.6 is 0 Å². The Hall–Kier alpha value is -3.56. The zero-order valence-corrected chi connectivity index (χ0v) is 16.4. The normalized spacial score (nSPS) is 9.93. The summed E-state index contributed by atoms with van der Waals surface area (Å²) in [5.74, 6) is 2.59. The largest absolute Gasteiger partial charge is 0.420 e. The van der Waals surface area contributed by atoms with Gasteiger partial charge in [0.05, 0.1) is 6.20 Å². The van der Waals surface area contributed by atoms with Gasteiger partial charge >= 0.3 is 0 Å². The second kappa shape index (κ2) is 10.6. The van der Waals surface area contributed by atoms with Crippen LogP contribution in [-0.4, -0.2) is 40.3 Å². The number of hydrogen-bond acceptors (Lipinski definition) is 10. The van der Waals surface area contributed by atoms with Crippen LogP contribution in [-0.2, 0) is 0 Å². The van der Waals surface area contributed by atoms with Crippen LogP contribution in [0.3, 0.4) is 0 Å². The first kappa shape index (κ1) is 20.7. The summed E-state index contributed by atoms with van der Waals surface area (Å²) in [4.78, 5) is 15.9. The molecule has 0 spiro atoms. The van der Waals surface area contributed by atoms with E-state index in [-0.39, 0.29) is 5.92 Å². The minimum absolute atomic E-state index is 0.222. The molecule has 0 radical (unpaired) electrons. The summed E-state index contributed by atoms with van der Waals surface area (Å²) in [6.07, 6.45) is 8.03. The Labute approximate surface area is 162 Å². The van der Waals surface area contributed by atoms with Gasteiger partial charge in [-0.2, -0.15) is 0 Å².